The molecule has 1 aliphatic rings. The minimum absolute atomic E-state index is 0.185. The van der Waals surface area contributed by atoms with E-state index >= 15 is 0 Å². The first-order valence-corrected chi connectivity index (χ1v) is 9.25. The number of hydrogen-bond donors (Lipinski definition) is 4. The molecule has 1 aliphatic heterocycles. The van der Waals surface area contributed by atoms with Crippen LogP contribution in [0.5, 0.6) is 5.75 Å². The fourth-order valence-corrected chi connectivity index (χ4v) is 2.90. The van der Waals surface area contributed by atoms with Crippen LogP contribution in [-0.2, 0) is 16.1 Å². The van der Waals surface area contributed by atoms with Crippen LogP contribution in [0.2, 0.25) is 0 Å². The fraction of sp³-hybridized carbons (Fsp3) is 0.450. The van der Waals surface area contributed by atoms with Crippen molar-refractivity contribution >= 4 is 11.9 Å². The number of methoxy groups -OCH3 is 1. The number of benzene rings is 1. The minimum Gasteiger partial charge on any atom is -0.494 e. The van der Waals surface area contributed by atoms with Gasteiger partial charge in [0.25, 0.3) is 11.9 Å². The minimum atomic E-state index is -0.833. The molecule has 9 nitrogen and oxygen atoms in total. The summed E-state index contributed by atoms with van der Waals surface area (Å²) >= 11 is 0. The smallest absolute Gasteiger partial charge is 0.300 e. The molecule has 10 heteroatoms. The molecule has 3 rings (SSSR count). The highest BCUT2D eigenvalue weighted by molar-refractivity contribution is 5.63. The SMILES string of the molecule is CC(=O)O.CC(=O)O.COc1cc(-c2nccn2CC2(O)CCCNC2)ccc1F. The number of nitrogens with one attached hydrogen (secondary N) is 1. The van der Waals surface area contributed by atoms with Gasteiger partial charge in [-0.2, -0.15) is 0 Å². The maximum Gasteiger partial charge on any atom is 0.300 e. The van der Waals surface area contributed by atoms with Crippen LogP contribution < -0.4 is 10.1 Å². The number of aliphatic carboxylic acids is 2. The van der Waals surface area contributed by atoms with Crippen LogP contribution in [0.3, 0.4) is 0 Å². The number of carboxylic acids is 2. The quantitative estimate of drug-likeness (QED) is 0.584. The van der Waals surface area contributed by atoms with Gasteiger partial charge in [-0.25, -0.2) is 9.37 Å². The number of carbonyl (C=O) groups is 2. The number of nitrogens with zero attached hydrogens (tertiary/aromatic N) is 2. The number of aromatic nitrogens is 2. The van der Waals surface area contributed by atoms with Gasteiger partial charge in [0, 0.05) is 38.3 Å². The molecule has 2 heterocycles. The molecular formula is C20H28FN3O6. The molecule has 1 aromatic heterocycles. The van der Waals surface area contributed by atoms with E-state index in [1.165, 1.54) is 13.2 Å². The van der Waals surface area contributed by atoms with Crippen LogP contribution in [0.1, 0.15) is 26.7 Å². The van der Waals surface area contributed by atoms with E-state index in [1.54, 1.807) is 18.3 Å². The Morgan fingerprint density at radius 1 is 1.30 bits per heavy atom. The van der Waals surface area contributed by atoms with Gasteiger partial charge in [0.1, 0.15) is 5.82 Å². The van der Waals surface area contributed by atoms with Gasteiger partial charge in [-0.05, 0) is 37.6 Å². The molecule has 0 saturated carbocycles. The van der Waals surface area contributed by atoms with Gasteiger partial charge in [-0.3, -0.25) is 9.59 Å². The number of piperidine rings is 1. The lowest BCUT2D eigenvalue weighted by molar-refractivity contribution is -0.135. The number of rotatable bonds is 4. The second-order valence-corrected chi connectivity index (χ2v) is 6.77. The van der Waals surface area contributed by atoms with Crippen molar-refractivity contribution in [3.63, 3.8) is 0 Å². The van der Waals surface area contributed by atoms with Gasteiger partial charge in [0.05, 0.1) is 19.3 Å². The van der Waals surface area contributed by atoms with Crippen molar-refractivity contribution in [2.24, 2.45) is 0 Å². The number of β-amino-alcohol motifs (C(OH)–C–C–N with tert-alkyl or cyclic N) is 1. The molecule has 0 spiro atoms. The summed E-state index contributed by atoms with van der Waals surface area (Å²) in [6.45, 7) is 4.13. The van der Waals surface area contributed by atoms with E-state index in [0.717, 1.165) is 38.8 Å². The first-order chi connectivity index (χ1) is 14.1. The Bertz CT molecular complexity index is 814. The molecule has 1 fully saturated rings. The largest absolute Gasteiger partial charge is 0.494 e. The summed E-state index contributed by atoms with van der Waals surface area (Å²) in [5, 5.41) is 28.7. The molecule has 30 heavy (non-hydrogen) atoms. The first-order valence-electron chi connectivity index (χ1n) is 9.25. The summed E-state index contributed by atoms with van der Waals surface area (Å²) in [5.74, 6) is -1.19. The molecule has 2 aromatic rings. The Hall–Kier alpha value is -2.98. The fourth-order valence-electron chi connectivity index (χ4n) is 2.90. The van der Waals surface area contributed by atoms with Crippen LogP contribution in [-0.4, -0.2) is 62.6 Å². The van der Waals surface area contributed by atoms with Gasteiger partial charge >= 0.3 is 0 Å². The molecular weight excluding hydrogens is 397 g/mol. The van der Waals surface area contributed by atoms with E-state index in [-0.39, 0.29) is 5.75 Å². The summed E-state index contributed by atoms with van der Waals surface area (Å²) in [6, 6.07) is 4.65. The van der Waals surface area contributed by atoms with Crippen molar-refractivity contribution in [1.29, 1.82) is 0 Å². The zero-order valence-electron chi connectivity index (χ0n) is 17.3. The van der Waals surface area contributed by atoms with Gasteiger partial charge < -0.3 is 29.9 Å². The molecule has 4 N–H and O–H groups in total. The zero-order chi connectivity index (χ0) is 22.7. The van der Waals surface area contributed by atoms with Crippen molar-refractivity contribution < 1.29 is 34.0 Å². The Morgan fingerprint density at radius 2 is 1.93 bits per heavy atom. The van der Waals surface area contributed by atoms with Crippen LogP contribution in [0.25, 0.3) is 11.4 Å². The lowest BCUT2D eigenvalue weighted by atomic mass is 9.94. The molecule has 0 bridgehead atoms. The number of ether oxygens (including phenoxy) is 1. The monoisotopic (exact) mass is 425 g/mol. The highest BCUT2D eigenvalue weighted by Crippen LogP contribution is 2.27. The van der Waals surface area contributed by atoms with E-state index in [1.807, 2.05) is 10.8 Å². The van der Waals surface area contributed by atoms with Crippen LogP contribution >= 0.6 is 0 Å². The lowest BCUT2D eigenvalue weighted by Crippen LogP contribution is -2.48. The number of carboxylic acid groups (broad SMARTS) is 2. The maximum atomic E-state index is 13.5. The summed E-state index contributed by atoms with van der Waals surface area (Å²) in [7, 11) is 1.44. The maximum absolute atomic E-state index is 13.5. The van der Waals surface area contributed by atoms with E-state index in [0.29, 0.717) is 18.9 Å². The second kappa shape index (κ2) is 11.9. The third kappa shape index (κ3) is 8.58. The molecule has 1 saturated heterocycles. The van der Waals surface area contributed by atoms with Gasteiger partial charge in [0.15, 0.2) is 11.6 Å². The predicted molar refractivity (Wildman–Crippen MR) is 108 cm³/mol. The van der Waals surface area contributed by atoms with Crippen LogP contribution in [0.4, 0.5) is 4.39 Å². The van der Waals surface area contributed by atoms with E-state index in [4.69, 9.17) is 24.5 Å². The predicted octanol–water partition coefficient (Wildman–Crippen LogP) is 1.99. The lowest BCUT2D eigenvalue weighted by Gasteiger charge is -2.33. The van der Waals surface area contributed by atoms with E-state index in [9.17, 15) is 9.50 Å². The molecule has 0 radical (unpaired) electrons. The number of aliphatic hydroxyl groups is 1. The molecule has 1 unspecified atom stereocenters. The molecule has 0 amide bonds. The van der Waals surface area contributed by atoms with Crippen molar-refractivity contribution in [3.05, 3.63) is 36.4 Å². The highest BCUT2D eigenvalue weighted by Gasteiger charge is 2.30. The van der Waals surface area contributed by atoms with E-state index in [2.05, 4.69) is 10.3 Å². The summed E-state index contributed by atoms with van der Waals surface area (Å²) in [5.41, 5.74) is -0.0201. The Balaban J connectivity index is 0.000000485. The Kier molecular flexibility index (Phi) is 9.93. The van der Waals surface area contributed by atoms with E-state index < -0.39 is 23.4 Å². The molecule has 1 aromatic carbocycles. The summed E-state index contributed by atoms with van der Waals surface area (Å²) in [6.07, 6.45) is 5.22. The molecule has 0 aliphatic carbocycles. The Labute approximate surface area is 174 Å². The number of imidazole rings is 1. The zero-order valence-corrected chi connectivity index (χ0v) is 17.3. The highest BCUT2D eigenvalue weighted by atomic mass is 19.1. The van der Waals surface area contributed by atoms with Gasteiger partial charge in [-0.15, -0.1) is 0 Å². The van der Waals surface area contributed by atoms with Crippen molar-refractivity contribution in [3.8, 4) is 17.1 Å². The summed E-state index contributed by atoms with van der Waals surface area (Å²) in [4.78, 5) is 22.3. The Morgan fingerprint density at radius 3 is 2.47 bits per heavy atom. The standard InChI is InChI=1S/C16H20FN3O2.2C2H4O2/c1-22-14-9-12(3-4-13(14)17)15-19-7-8-20(15)11-16(21)5-2-6-18-10-16;2*1-2(3)4/h3-4,7-9,18,21H,2,5-6,10-11H2,1H3;2*1H3,(H,3,4). The third-order valence-corrected chi connectivity index (χ3v) is 4.04. The number of halogens is 1. The summed E-state index contributed by atoms with van der Waals surface area (Å²) < 4.78 is 20.5. The van der Waals surface area contributed by atoms with Crippen molar-refractivity contribution in [2.75, 3.05) is 20.2 Å². The first kappa shape index (κ1) is 25.1. The molecule has 1 atom stereocenters. The van der Waals surface area contributed by atoms with Gasteiger partial charge in [0.2, 0.25) is 0 Å². The average molecular weight is 425 g/mol. The average Bonchev–Trinajstić information content (AvgIpc) is 3.09. The molecule has 166 valence electrons. The van der Waals surface area contributed by atoms with Crippen LogP contribution in [0.15, 0.2) is 30.6 Å². The van der Waals surface area contributed by atoms with Crippen molar-refractivity contribution in [2.45, 2.75) is 38.8 Å². The van der Waals surface area contributed by atoms with Gasteiger partial charge in [-0.1, -0.05) is 0 Å². The normalized spacial score (nSPS) is 17.6. The topological polar surface area (TPSA) is 134 Å². The third-order valence-electron chi connectivity index (χ3n) is 4.04. The second-order valence-electron chi connectivity index (χ2n) is 6.77. The van der Waals surface area contributed by atoms with Crippen molar-refractivity contribution in [1.82, 2.24) is 14.9 Å². The number of hydrogen-bond acceptors (Lipinski definition) is 6. The van der Waals surface area contributed by atoms with Crippen LogP contribution in [0, 0.1) is 5.82 Å².